The molecule has 1 aromatic heterocycles. The number of nitro groups is 1. The van der Waals surface area contributed by atoms with Crippen molar-refractivity contribution >= 4 is 0 Å². The van der Waals surface area contributed by atoms with Crippen molar-refractivity contribution in [2.24, 2.45) is 0 Å². The van der Waals surface area contributed by atoms with Crippen LogP contribution in [0.15, 0.2) is 6.20 Å². The van der Waals surface area contributed by atoms with Crippen LogP contribution in [0.2, 0.25) is 0 Å². The third-order valence-corrected chi connectivity index (χ3v) is 0.522. The van der Waals surface area contributed by atoms with Crippen LogP contribution in [0.5, 0.6) is 0 Å². The van der Waals surface area contributed by atoms with Gasteiger partial charge in [-0.3, -0.25) is 6.20 Å². The summed E-state index contributed by atoms with van der Waals surface area (Å²) in [4.78, 5) is 10.1. The standard InChI is InChI=1S/C2HN4O2/c7-6(8)5-2-1-3-4-5/h1H/q-1. The second-order valence-electron chi connectivity index (χ2n) is 0.990. The smallest absolute Gasteiger partial charge is 0.142 e. The van der Waals surface area contributed by atoms with E-state index in [1.165, 1.54) is 0 Å². The minimum absolute atomic E-state index is 0.403. The molecule has 0 saturated heterocycles. The molecule has 0 unspecified atom stereocenters. The molecule has 0 aromatic carbocycles. The lowest BCUT2D eigenvalue weighted by Crippen LogP contribution is -2.08. The lowest BCUT2D eigenvalue weighted by atomic mass is 11.0. The van der Waals surface area contributed by atoms with Gasteiger partial charge in [-0.15, -0.1) is 4.79 Å². The molecule has 1 aromatic rings. The Bertz CT molecular complexity index is 180. The molecule has 6 nitrogen and oxygen atoms in total. The van der Waals surface area contributed by atoms with E-state index in [2.05, 4.69) is 16.5 Å². The van der Waals surface area contributed by atoms with Gasteiger partial charge in [-0.25, -0.2) is 0 Å². The van der Waals surface area contributed by atoms with Gasteiger partial charge in [0.05, 0.1) is 0 Å². The molecule has 6 heteroatoms. The van der Waals surface area contributed by atoms with Crippen molar-refractivity contribution in [1.82, 2.24) is 15.1 Å². The van der Waals surface area contributed by atoms with Crippen LogP contribution >= 0.6 is 0 Å². The quantitative estimate of drug-likeness (QED) is 0.269. The highest BCUT2D eigenvalue weighted by Crippen LogP contribution is 1.73. The molecule has 0 spiro atoms. The maximum atomic E-state index is 9.70. The Morgan fingerprint density at radius 1 is 1.88 bits per heavy atom. The van der Waals surface area contributed by atoms with Crippen LogP contribution in [-0.4, -0.2) is 20.1 Å². The monoisotopic (exact) mass is 113 g/mol. The first kappa shape index (κ1) is 4.69. The molecule has 0 aliphatic carbocycles. The van der Waals surface area contributed by atoms with Gasteiger partial charge in [0.1, 0.15) is 5.21 Å². The van der Waals surface area contributed by atoms with E-state index in [9.17, 15) is 10.1 Å². The van der Waals surface area contributed by atoms with Crippen LogP contribution in [0.25, 0.3) is 0 Å². The van der Waals surface area contributed by atoms with Crippen molar-refractivity contribution < 1.29 is 5.03 Å². The lowest BCUT2D eigenvalue weighted by molar-refractivity contribution is -0.554. The molecular weight excluding hydrogens is 112 g/mol. The van der Waals surface area contributed by atoms with E-state index >= 15 is 0 Å². The largest absolute Gasteiger partial charge is 0.341 e. The van der Waals surface area contributed by atoms with Gasteiger partial charge in [-0.05, 0) is 0 Å². The van der Waals surface area contributed by atoms with Gasteiger partial charge < -0.3 is 10.1 Å². The molecule has 8 heavy (non-hydrogen) atoms. The van der Waals surface area contributed by atoms with E-state index in [4.69, 9.17) is 0 Å². The number of rotatable bonds is 1. The van der Waals surface area contributed by atoms with E-state index in [1.807, 2.05) is 0 Å². The number of hydrogen-bond acceptors (Lipinski definition) is 4. The second kappa shape index (κ2) is 1.57. The maximum Gasteiger partial charge on any atom is 0.142 e. The summed E-state index contributed by atoms with van der Waals surface area (Å²) in [7, 11) is 0. The summed E-state index contributed by atoms with van der Waals surface area (Å²) in [6, 6.07) is 0. The highest BCUT2D eigenvalue weighted by atomic mass is 16.7. The molecule has 0 atom stereocenters. The molecule has 0 radical (unpaired) electrons. The van der Waals surface area contributed by atoms with Crippen molar-refractivity contribution in [2.75, 3.05) is 0 Å². The fraction of sp³-hybridized carbons (Fsp3) is 0. The summed E-state index contributed by atoms with van der Waals surface area (Å²) in [5, 5.41) is 15.2. The topological polar surface area (TPSA) is 73.8 Å². The minimum atomic E-state index is -0.729. The first-order valence-electron chi connectivity index (χ1n) is 1.74. The van der Waals surface area contributed by atoms with E-state index in [-0.39, 0.29) is 0 Å². The fourth-order valence-electron chi connectivity index (χ4n) is 0.258. The molecule has 0 amide bonds. The van der Waals surface area contributed by atoms with Crippen LogP contribution in [-0.2, 0) is 0 Å². The normalized spacial score (nSPS) is 9.00. The van der Waals surface area contributed by atoms with Crippen LogP contribution in [0.1, 0.15) is 0 Å². The van der Waals surface area contributed by atoms with Crippen molar-refractivity contribution in [3.63, 3.8) is 0 Å². The predicted octanol–water partition coefficient (Wildman–Crippen LogP) is -0.882. The Kier molecular flexibility index (Phi) is 0.918. The van der Waals surface area contributed by atoms with Gasteiger partial charge in [0.15, 0.2) is 0 Å². The second-order valence-corrected chi connectivity index (χ2v) is 0.990. The molecule has 0 aliphatic heterocycles. The van der Waals surface area contributed by atoms with Gasteiger partial charge in [0.2, 0.25) is 0 Å². The first-order valence-corrected chi connectivity index (χ1v) is 1.74. The summed E-state index contributed by atoms with van der Waals surface area (Å²) in [5.74, 6) is 0. The van der Waals surface area contributed by atoms with Crippen LogP contribution in [0, 0.1) is 16.3 Å². The molecule has 1 heterocycles. The summed E-state index contributed by atoms with van der Waals surface area (Å²) >= 11 is 0. The van der Waals surface area contributed by atoms with E-state index < -0.39 is 5.03 Å². The third kappa shape index (κ3) is 0.625. The van der Waals surface area contributed by atoms with E-state index in [0.717, 1.165) is 6.20 Å². The molecule has 0 N–H and O–H groups in total. The SMILES string of the molecule is O=[N+]([O-])n1[c-]cnn1. The molecule has 1 rings (SSSR count). The molecule has 0 bridgehead atoms. The van der Waals surface area contributed by atoms with Crippen LogP contribution in [0.3, 0.4) is 0 Å². The van der Waals surface area contributed by atoms with Gasteiger partial charge in [0, 0.05) is 5.03 Å². The highest BCUT2D eigenvalue weighted by Gasteiger charge is 1.84. The Balaban J connectivity index is 2.93. The van der Waals surface area contributed by atoms with Crippen molar-refractivity contribution in [3.05, 3.63) is 22.5 Å². The van der Waals surface area contributed by atoms with Gasteiger partial charge in [-0.2, -0.15) is 0 Å². The molecule has 0 fully saturated rings. The zero-order chi connectivity index (χ0) is 5.98. The van der Waals surface area contributed by atoms with Gasteiger partial charge in [0.25, 0.3) is 0 Å². The highest BCUT2D eigenvalue weighted by molar-refractivity contribution is 4.54. The first-order chi connectivity index (χ1) is 3.80. The van der Waals surface area contributed by atoms with Crippen molar-refractivity contribution in [3.8, 4) is 0 Å². The zero-order valence-electron chi connectivity index (χ0n) is 3.68. The zero-order valence-corrected chi connectivity index (χ0v) is 3.68. The maximum absolute atomic E-state index is 9.70. The lowest BCUT2D eigenvalue weighted by Gasteiger charge is -1.94. The summed E-state index contributed by atoms with van der Waals surface area (Å²) < 4.78 is 0. The van der Waals surface area contributed by atoms with Crippen molar-refractivity contribution in [2.45, 2.75) is 0 Å². The van der Waals surface area contributed by atoms with Gasteiger partial charge >= 0.3 is 0 Å². The number of nitrogens with zero attached hydrogens (tertiary/aromatic N) is 4. The van der Waals surface area contributed by atoms with Crippen molar-refractivity contribution in [1.29, 1.82) is 0 Å². The number of aromatic nitrogens is 3. The van der Waals surface area contributed by atoms with Crippen LogP contribution < -0.4 is 0 Å². The Morgan fingerprint density at radius 2 is 2.62 bits per heavy atom. The molecular formula is C2HN4O2-. The fourth-order valence-corrected chi connectivity index (χ4v) is 0.258. The summed E-state index contributed by atoms with van der Waals surface area (Å²) in [5.41, 5.74) is 0. The minimum Gasteiger partial charge on any atom is -0.341 e. The Labute approximate surface area is 43.8 Å². The predicted molar refractivity (Wildman–Crippen MR) is 21.3 cm³/mol. The van der Waals surface area contributed by atoms with E-state index in [1.54, 1.807) is 0 Å². The van der Waals surface area contributed by atoms with Crippen LogP contribution in [0.4, 0.5) is 0 Å². The number of hydrogen-bond donors (Lipinski definition) is 0. The average Bonchev–Trinajstić information content (AvgIpc) is 2.12. The summed E-state index contributed by atoms with van der Waals surface area (Å²) in [6.45, 7) is 0. The molecule has 0 saturated carbocycles. The molecule has 0 aliphatic rings. The molecule has 42 valence electrons. The third-order valence-electron chi connectivity index (χ3n) is 0.522. The summed E-state index contributed by atoms with van der Waals surface area (Å²) in [6.07, 6.45) is 3.25. The van der Waals surface area contributed by atoms with E-state index in [0.29, 0.717) is 4.79 Å². The average molecular weight is 113 g/mol. The Morgan fingerprint density at radius 3 is 2.88 bits per heavy atom. The van der Waals surface area contributed by atoms with Gasteiger partial charge in [-0.1, -0.05) is 11.3 Å². The Hall–Kier alpha value is -1.46.